The number of nitrogens with zero attached hydrogens (tertiary/aromatic N) is 1. The number of carbonyl (C=O) groups excluding carboxylic acids is 1. The zero-order chi connectivity index (χ0) is 20.6. The third-order valence-corrected chi connectivity index (χ3v) is 6.89. The molecular formula is C19H17Cl2NO5S. The summed E-state index contributed by atoms with van der Waals surface area (Å²) in [6, 6.07) is 9.04. The molecule has 1 heterocycles. The Hall–Kier alpha value is -2.22. The zero-order valence-corrected chi connectivity index (χ0v) is 17.6. The van der Waals surface area contributed by atoms with Crippen molar-refractivity contribution in [3.05, 3.63) is 58.2 Å². The fraction of sp³-hybridized carbons (Fsp3) is 0.211. The van der Waals surface area contributed by atoms with Gasteiger partial charge in [0.2, 0.25) is 0 Å². The van der Waals surface area contributed by atoms with Crippen molar-refractivity contribution in [1.29, 1.82) is 0 Å². The minimum Gasteiger partial charge on any atom is -0.497 e. The maximum Gasteiger partial charge on any atom is 0.312 e. The molecular weight excluding hydrogens is 425 g/mol. The van der Waals surface area contributed by atoms with Gasteiger partial charge >= 0.3 is 5.97 Å². The van der Waals surface area contributed by atoms with Crippen LogP contribution in [0.5, 0.6) is 5.75 Å². The highest BCUT2D eigenvalue weighted by Crippen LogP contribution is 2.34. The van der Waals surface area contributed by atoms with Crippen LogP contribution < -0.4 is 4.74 Å². The van der Waals surface area contributed by atoms with Crippen LogP contribution in [0.25, 0.3) is 10.9 Å². The van der Waals surface area contributed by atoms with Gasteiger partial charge in [-0.3, -0.25) is 4.79 Å². The second-order valence-corrected chi connectivity index (χ2v) is 8.72. The number of esters is 1. The summed E-state index contributed by atoms with van der Waals surface area (Å²) in [6.45, 7) is 1.65. The van der Waals surface area contributed by atoms with E-state index in [9.17, 15) is 13.2 Å². The molecule has 0 amide bonds. The highest BCUT2D eigenvalue weighted by atomic mass is 35.5. The number of ether oxygens (including phenoxy) is 2. The highest BCUT2D eigenvalue weighted by Gasteiger charge is 2.27. The molecule has 2 aromatic carbocycles. The van der Waals surface area contributed by atoms with Gasteiger partial charge in [-0.15, -0.1) is 0 Å². The summed E-state index contributed by atoms with van der Waals surface area (Å²) < 4.78 is 37.7. The minimum absolute atomic E-state index is 0.0214. The van der Waals surface area contributed by atoms with Crippen LogP contribution in [-0.4, -0.2) is 32.6 Å². The molecule has 0 aliphatic heterocycles. The maximum atomic E-state index is 13.3. The van der Waals surface area contributed by atoms with Crippen LogP contribution in [0.1, 0.15) is 18.4 Å². The number of aromatic nitrogens is 1. The minimum atomic E-state index is -3.99. The number of hydrogen-bond donors (Lipinski definition) is 0. The van der Waals surface area contributed by atoms with Gasteiger partial charge in [-0.05, 0) is 48.9 Å². The van der Waals surface area contributed by atoms with Crippen molar-refractivity contribution in [1.82, 2.24) is 3.97 Å². The summed E-state index contributed by atoms with van der Waals surface area (Å²) in [6.07, 6.45) is 1.42. The number of carbonyl (C=O) groups is 1. The fourth-order valence-corrected chi connectivity index (χ4v) is 4.70. The van der Waals surface area contributed by atoms with Gasteiger partial charge in [0.15, 0.2) is 0 Å². The van der Waals surface area contributed by atoms with E-state index in [0.29, 0.717) is 22.2 Å². The number of rotatable bonds is 5. The number of hydrogen-bond acceptors (Lipinski definition) is 5. The van der Waals surface area contributed by atoms with Crippen LogP contribution in [0.2, 0.25) is 10.0 Å². The molecule has 0 spiro atoms. The Labute approximate surface area is 172 Å². The first-order valence-electron chi connectivity index (χ1n) is 8.18. The van der Waals surface area contributed by atoms with E-state index in [2.05, 4.69) is 0 Å². The van der Waals surface area contributed by atoms with Gasteiger partial charge in [0.1, 0.15) is 5.75 Å². The molecule has 9 heteroatoms. The summed E-state index contributed by atoms with van der Waals surface area (Å²) in [5.74, 6) is -0.617. The number of benzene rings is 2. The lowest BCUT2D eigenvalue weighted by molar-refractivity contribution is -0.141. The van der Waals surface area contributed by atoms with Crippen LogP contribution in [0.3, 0.4) is 0 Å². The predicted octanol–water partition coefficient (Wildman–Crippen LogP) is 4.47. The molecule has 0 N–H and O–H groups in total. The second kappa shape index (κ2) is 7.66. The van der Waals surface area contributed by atoms with Gasteiger partial charge in [-0.25, -0.2) is 12.4 Å². The van der Waals surface area contributed by atoms with Crippen LogP contribution in [0.15, 0.2) is 47.5 Å². The Balaban J connectivity index is 2.28. The molecule has 1 aromatic heterocycles. The molecule has 148 valence electrons. The van der Waals surface area contributed by atoms with E-state index in [1.165, 1.54) is 38.6 Å². The third-order valence-electron chi connectivity index (χ3n) is 4.48. The highest BCUT2D eigenvalue weighted by molar-refractivity contribution is 7.90. The summed E-state index contributed by atoms with van der Waals surface area (Å²) in [5, 5.41) is 0.952. The topological polar surface area (TPSA) is 74.6 Å². The molecule has 0 saturated carbocycles. The molecule has 0 aliphatic carbocycles. The SMILES string of the molecule is COC(=O)C(C)c1cn(S(=O)(=O)c2ccc(Cl)c(Cl)c2)c2ccc(OC)cc12. The van der Waals surface area contributed by atoms with Gasteiger partial charge in [0.05, 0.1) is 40.6 Å². The fourth-order valence-electron chi connectivity index (χ4n) is 2.93. The lowest BCUT2D eigenvalue weighted by Gasteiger charge is -2.09. The normalized spacial score (nSPS) is 12.8. The van der Waals surface area contributed by atoms with Crippen LogP contribution in [-0.2, 0) is 19.6 Å². The van der Waals surface area contributed by atoms with E-state index in [1.807, 2.05) is 0 Å². The van der Waals surface area contributed by atoms with Crippen LogP contribution in [0, 0.1) is 0 Å². The monoisotopic (exact) mass is 441 g/mol. The van der Waals surface area contributed by atoms with Gasteiger partial charge in [0, 0.05) is 11.6 Å². The summed E-state index contributed by atoms with van der Waals surface area (Å²) in [4.78, 5) is 12.1. The molecule has 28 heavy (non-hydrogen) atoms. The maximum absolute atomic E-state index is 13.3. The number of fused-ring (bicyclic) bond motifs is 1. The van der Waals surface area contributed by atoms with Crippen LogP contribution >= 0.6 is 23.2 Å². The van der Waals surface area contributed by atoms with Crippen molar-refractivity contribution < 1.29 is 22.7 Å². The van der Waals surface area contributed by atoms with Crippen molar-refractivity contribution in [2.45, 2.75) is 17.7 Å². The summed E-state index contributed by atoms with van der Waals surface area (Å²) >= 11 is 11.9. The van der Waals surface area contributed by atoms with E-state index in [-0.39, 0.29) is 14.9 Å². The Morgan fingerprint density at radius 1 is 1.07 bits per heavy atom. The first-order valence-corrected chi connectivity index (χ1v) is 10.4. The first-order chi connectivity index (χ1) is 13.2. The number of halogens is 2. The predicted molar refractivity (Wildman–Crippen MR) is 108 cm³/mol. The number of methoxy groups -OCH3 is 2. The van der Waals surface area contributed by atoms with Crippen molar-refractivity contribution in [3.8, 4) is 5.75 Å². The van der Waals surface area contributed by atoms with Crippen molar-refractivity contribution in [2.24, 2.45) is 0 Å². The molecule has 0 bridgehead atoms. The molecule has 0 fully saturated rings. The van der Waals surface area contributed by atoms with Gasteiger partial charge < -0.3 is 9.47 Å². The van der Waals surface area contributed by atoms with Gasteiger partial charge in [0.25, 0.3) is 10.0 Å². The van der Waals surface area contributed by atoms with Crippen LogP contribution in [0.4, 0.5) is 0 Å². The molecule has 6 nitrogen and oxygen atoms in total. The smallest absolute Gasteiger partial charge is 0.312 e. The molecule has 1 unspecified atom stereocenters. The quantitative estimate of drug-likeness (QED) is 0.545. The van der Waals surface area contributed by atoms with E-state index >= 15 is 0 Å². The molecule has 0 aliphatic rings. The third kappa shape index (κ3) is 3.45. The second-order valence-electron chi connectivity index (χ2n) is 6.09. The molecule has 3 rings (SSSR count). The van der Waals surface area contributed by atoms with Crippen molar-refractivity contribution in [2.75, 3.05) is 14.2 Å². The van der Waals surface area contributed by atoms with Gasteiger partial charge in [-0.1, -0.05) is 23.2 Å². The molecule has 3 aromatic rings. The zero-order valence-electron chi connectivity index (χ0n) is 15.3. The molecule has 0 radical (unpaired) electrons. The Kier molecular flexibility index (Phi) is 5.61. The van der Waals surface area contributed by atoms with E-state index < -0.39 is 21.9 Å². The Morgan fingerprint density at radius 3 is 2.39 bits per heavy atom. The molecule has 0 saturated heterocycles. The largest absolute Gasteiger partial charge is 0.497 e. The van der Waals surface area contributed by atoms with E-state index in [0.717, 1.165) is 3.97 Å². The standard InChI is InChI=1S/C19H17Cl2NO5S/c1-11(19(23)27-3)15-10-22(18-7-4-12(26-2)8-14(15)18)28(24,25)13-5-6-16(20)17(21)9-13/h4-11H,1-3H3. The Bertz CT molecular complexity index is 1170. The molecule has 1 atom stereocenters. The van der Waals surface area contributed by atoms with Crippen molar-refractivity contribution in [3.63, 3.8) is 0 Å². The summed E-state index contributed by atoms with van der Waals surface area (Å²) in [7, 11) is -1.20. The van der Waals surface area contributed by atoms with E-state index in [4.69, 9.17) is 32.7 Å². The lowest BCUT2D eigenvalue weighted by atomic mass is 10.0. The Morgan fingerprint density at radius 2 is 1.79 bits per heavy atom. The average Bonchev–Trinajstić information content (AvgIpc) is 3.08. The van der Waals surface area contributed by atoms with Crippen molar-refractivity contribution >= 4 is 50.1 Å². The van der Waals surface area contributed by atoms with Gasteiger partial charge in [-0.2, -0.15) is 0 Å². The average molecular weight is 442 g/mol. The van der Waals surface area contributed by atoms with E-state index in [1.54, 1.807) is 25.1 Å². The summed E-state index contributed by atoms with van der Waals surface area (Å²) in [5.41, 5.74) is 0.905. The first kappa shape index (κ1) is 20.5. The lowest BCUT2D eigenvalue weighted by Crippen LogP contribution is -2.13.